The molecule has 0 saturated heterocycles. The second-order valence-electron chi connectivity index (χ2n) is 6.52. The van der Waals surface area contributed by atoms with Crippen molar-refractivity contribution >= 4 is 28.8 Å². The van der Waals surface area contributed by atoms with Gasteiger partial charge in [-0.1, -0.05) is 23.7 Å². The lowest BCUT2D eigenvalue weighted by Gasteiger charge is -2.07. The molecule has 0 aliphatic rings. The number of alkyl halides is 4. The van der Waals surface area contributed by atoms with E-state index in [2.05, 4.69) is 20.5 Å². The summed E-state index contributed by atoms with van der Waals surface area (Å²) in [5.74, 6) is -0.705. The number of carbonyl (C=O) groups is 1. The average Bonchev–Trinajstić information content (AvgIpc) is 3.33. The van der Waals surface area contributed by atoms with Crippen molar-refractivity contribution in [1.82, 2.24) is 24.4 Å². The maximum atomic E-state index is 13.3. The predicted octanol–water partition coefficient (Wildman–Crippen LogP) is 4.76. The summed E-state index contributed by atoms with van der Waals surface area (Å²) in [5.41, 5.74) is -0.878. The molecule has 160 valence electrons. The SMILES string of the molecule is O=C(Nc1cccc(Cn2cc(Cl)cn2)c1)c1cc2nc(C(F)F)cc(C(F)F)n2n1. The molecule has 0 bridgehead atoms. The zero-order valence-electron chi connectivity index (χ0n) is 15.5. The molecule has 0 unspecified atom stereocenters. The molecule has 7 nitrogen and oxygen atoms in total. The minimum atomic E-state index is -3.08. The third-order valence-electron chi connectivity index (χ3n) is 4.29. The lowest BCUT2D eigenvalue weighted by atomic mass is 10.2. The third kappa shape index (κ3) is 4.50. The van der Waals surface area contributed by atoms with Crippen LogP contribution in [0.5, 0.6) is 0 Å². The van der Waals surface area contributed by atoms with Gasteiger partial charge >= 0.3 is 0 Å². The Morgan fingerprint density at radius 1 is 1.13 bits per heavy atom. The Kier molecular flexibility index (Phi) is 5.59. The first-order valence-electron chi connectivity index (χ1n) is 8.85. The van der Waals surface area contributed by atoms with Crippen LogP contribution in [0.15, 0.2) is 48.8 Å². The van der Waals surface area contributed by atoms with E-state index in [-0.39, 0.29) is 11.3 Å². The number of rotatable bonds is 6. The number of hydrogen-bond acceptors (Lipinski definition) is 4. The van der Waals surface area contributed by atoms with Crippen molar-refractivity contribution in [2.45, 2.75) is 19.4 Å². The fraction of sp³-hybridized carbons (Fsp3) is 0.158. The Balaban J connectivity index is 1.58. The van der Waals surface area contributed by atoms with Crippen molar-refractivity contribution < 1.29 is 22.4 Å². The molecule has 3 heterocycles. The molecule has 12 heteroatoms. The molecule has 1 N–H and O–H groups in total. The number of nitrogens with one attached hydrogen (secondary N) is 1. The summed E-state index contributed by atoms with van der Waals surface area (Å²) in [5, 5.41) is 11.0. The van der Waals surface area contributed by atoms with Crippen molar-refractivity contribution in [2.75, 3.05) is 5.32 Å². The van der Waals surface area contributed by atoms with Gasteiger partial charge in [0.25, 0.3) is 18.8 Å². The van der Waals surface area contributed by atoms with Gasteiger partial charge in [0, 0.05) is 18.0 Å². The Morgan fingerprint density at radius 3 is 2.61 bits per heavy atom. The molecule has 0 aliphatic heterocycles. The van der Waals surface area contributed by atoms with Gasteiger partial charge in [-0.3, -0.25) is 9.48 Å². The summed E-state index contributed by atoms with van der Waals surface area (Å²) < 4.78 is 54.8. The van der Waals surface area contributed by atoms with Crippen LogP contribution in [0.1, 0.15) is 40.3 Å². The van der Waals surface area contributed by atoms with Gasteiger partial charge in [0.2, 0.25) is 0 Å². The maximum Gasteiger partial charge on any atom is 0.280 e. The molecule has 0 atom stereocenters. The molecular formula is C19H13ClF4N6O. The van der Waals surface area contributed by atoms with E-state index in [0.717, 1.165) is 11.6 Å². The number of halogens is 5. The smallest absolute Gasteiger partial charge is 0.280 e. The molecule has 3 aromatic heterocycles. The monoisotopic (exact) mass is 452 g/mol. The molecule has 0 radical (unpaired) electrons. The molecule has 0 aliphatic carbocycles. The van der Waals surface area contributed by atoms with Crippen molar-refractivity contribution in [2.24, 2.45) is 0 Å². The molecular weight excluding hydrogens is 440 g/mol. The van der Waals surface area contributed by atoms with Crippen molar-refractivity contribution in [3.63, 3.8) is 0 Å². The highest BCUT2D eigenvalue weighted by Gasteiger charge is 2.22. The minimum Gasteiger partial charge on any atom is -0.321 e. The highest BCUT2D eigenvalue weighted by atomic mass is 35.5. The molecule has 4 rings (SSSR count). The van der Waals surface area contributed by atoms with Crippen molar-refractivity contribution in [1.29, 1.82) is 0 Å². The summed E-state index contributed by atoms with van der Waals surface area (Å²) in [4.78, 5) is 16.2. The minimum absolute atomic E-state index is 0.245. The van der Waals surface area contributed by atoms with Crippen molar-refractivity contribution in [3.05, 3.63) is 76.5 Å². The lowest BCUT2D eigenvalue weighted by molar-refractivity contribution is 0.102. The first kappa shape index (κ1) is 20.8. The van der Waals surface area contributed by atoms with Gasteiger partial charge in [0.15, 0.2) is 11.3 Å². The van der Waals surface area contributed by atoms with Crippen LogP contribution in [0.4, 0.5) is 23.2 Å². The molecule has 1 amide bonds. The number of benzene rings is 1. The Bertz CT molecular complexity index is 1260. The van der Waals surface area contributed by atoms with E-state index in [0.29, 0.717) is 27.8 Å². The fourth-order valence-corrected chi connectivity index (χ4v) is 3.11. The number of amides is 1. The topological polar surface area (TPSA) is 77.1 Å². The average molecular weight is 453 g/mol. The summed E-state index contributed by atoms with van der Waals surface area (Å²) in [7, 11) is 0. The molecule has 1 aromatic carbocycles. The summed E-state index contributed by atoms with van der Waals surface area (Å²) in [6.45, 7) is 0.406. The predicted molar refractivity (Wildman–Crippen MR) is 104 cm³/mol. The molecule has 0 spiro atoms. The van der Waals surface area contributed by atoms with Gasteiger partial charge < -0.3 is 5.32 Å². The second kappa shape index (κ2) is 8.34. The van der Waals surface area contributed by atoms with Crippen LogP contribution in [0.3, 0.4) is 0 Å². The van der Waals surface area contributed by atoms with Gasteiger partial charge in [-0.25, -0.2) is 27.1 Å². The summed E-state index contributed by atoms with van der Waals surface area (Å²) in [6, 6.07) is 8.50. The van der Waals surface area contributed by atoms with Crippen LogP contribution in [0.2, 0.25) is 5.02 Å². The van der Waals surface area contributed by atoms with E-state index in [1.807, 2.05) is 6.07 Å². The standard InChI is InChI=1S/C19H13ClF4N6O/c20-11-7-25-29(9-11)8-10-2-1-3-12(4-10)26-19(31)14-6-16-27-13(17(21)22)5-15(18(23)24)30(16)28-14/h1-7,9,17-18H,8H2,(H,26,31). The van der Waals surface area contributed by atoms with Crippen molar-refractivity contribution in [3.8, 4) is 0 Å². The highest BCUT2D eigenvalue weighted by Crippen LogP contribution is 2.25. The number of hydrogen-bond donors (Lipinski definition) is 1. The Hall–Kier alpha value is -3.47. The van der Waals surface area contributed by atoms with Gasteiger partial charge in [-0.2, -0.15) is 10.2 Å². The van der Waals surface area contributed by atoms with E-state index in [9.17, 15) is 22.4 Å². The van der Waals surface area contributed by atoms with Gasteiger partial charge in [-0.15, -0.1) is 0 Å². The largest absolute Gasteiger partial charge is 0.321 e. The zero-order valence-corrected chi connectivity index (χ0v) is 16.3. The molecule has 0 fully saturated rings. The summed E-state index contributed by atoms with van der Waals surface area (Å²) >= 11 is 5.84. The third-order valence-corrected chi connectivity index (χ3v) is 4.48. The van der Waals surface area contributed by atoms with E-state index in [1.54, 1.807) is 29.1 Å². The van der Waals surface area contributed by atoms with E-state index < -0.39 is 30.1 Å². The van der Waals surface area contributed by atoms with Crippen LogP contribution < -0.4 is 5.32 Å². The number of fused-ring (bicyclic) bond motifs is 1. The maximum absolute atomic E-state index is 13.3. The van der Waals surface area contributed by atoms with E-state index in [1.165, 1.54) is 6.20 Å². The van der Waals surface area contributed by atoms with Crippen LogP contribution in [0, 0.1) is 0 Å². The van der Waals surface area contributed by atoms with Crippen LogP contribution in [0.25, 0.3) is 5.65 Å². The van der Waals surface area contributed by atoms with Crippen LogP contribution in [-0.4, -0.2) is 30.3 Å². The molecule has 0 saturated carbocycles. The Labute approximate surface area is 177 Å². The van der Waals surface area contributed by atoms with Crippen LogP contribution >= 0.6 is 11.6 Å². The number of aromatic nitrogens is 5. The molecule has 4 aromatic rings. The van der Waals surface area contributed by atoms with E-state index >= 15 is 0 Å². The van der Waals surface area contributed by atoms with Gasteiger partial charge in [0.05, 0.1) is 17.8 Å². The van der Waals surface area contributed by atoms with Gasteiger partial charge in [0.1, 0.15) is 11.4 Å². The van der Waals surface area contributed by atoms with E-state index in [4.69, 9.17) is 11.6 Å². The van der Waals surface area contributed by atoms with Gasteiger partial charge in [-0.05, 0) is 23.8 Å². The van der Waals surface area contributed by atoms with Crippen LogP contribution in [-0.2, 0) is 6.54 Å². The number of carbonyl (C=O) groups excluding carboxylic acids is 1. The quantitative estimate of drug-likeness (QED) is 0.428. The first-order valence-corrected chi connectivity index (χ1v) is 9.23. The zero-order chi connectivity index (χ0) is 22.1. The Morgan fingerprint density at radius 2 is 1.94 bits per heavy atom. The lowest BCUT2D eigenvalue weighted by Crippen LogP contribution is -2.13. The number of anilines is 1. The fourth-order valence-electron chi connectivity index (χ4n) is 2.95. The summed E-state index contributed by atoms with van der Waals surface area (Å²) in [6.07, 6.45) is -2.98. The normalized spacial score (nSPS) is 11.6. The molecule has 31 heavy (non-hydrogen) atoms. The second-order valence-corrected chi connectivity index (χ2v) is 6.95. The highest BCUT2D eigenvalue weighted by molar-refractivity contribution is 6.30. The first-order chi connectivity index (χ1) is 14.8. The number of nitrogens with zero attached hydrogens (tertiary/aromatic N) is 5.